The molecule has 4 rings (SSSR count). The van der Waals surface area contributed by atoms with Gasteiger partial charge in [0, 0.05) is 26.1 Å². The average molecular weight is 451 g/mol. The van der Waals surface area contributed by atoms with E-state index in [1.54, 1.807) is 25.3 Å². The molecule has 1 saturated heterocycles. The van der Waals surface area contributed by atoms with Crippen LogP contribution in [0.3, 0.4) is 0 Å². The number of urea groups is 1. The number of hydrogen-bond acceptors (Lipinski definition) is 9. The van der Waals surface area contributed by atoms with E-state index in [9.17, 15) is 14.4 Å². The lowest BCUT2D eigenvalue weighted by atomic mass is 10.2. The lowest BCUT2D eigenvalue weighted by molar-refractivity contribution is -0.115. The lowest BCUT2D eigenvalue weighted by Crippen LogP contribution is -2.22. The number of methoxy groups -OCH3 is 1. The first-order valence-electron chi connectivity index (χ1n) is 10.1. The molecule has 2 aromatic heterocycles. The number of carbonyl (C=O) groups is 2. The summed E-state index contributed by atoms with van der Waals surface area (Å²) in [4.78, 5) is 51.3. The molecule has 1 aliphatic rings. The van der Waals surface area contributed by atoms with Gasteiger partial charge in [-0.3, -0.25) is 14.9 Å². The van der Waals surface area contributed by atoms with E-state index in [0.29, 0.717) is 42.0 Å². The fourth-order valence-electron chi connectivity index (χ4n) is 3.08. The van der Waals surface area contributed by atoms with E-state index in [2.05, 4.69) is 35.9 Å². The number of aromatic nitrogens is 4. The van der Waals surface area contributed by atoms with Crippen molar-refractivity contribution in [3.05, 3.63) is 57.9 Å². The van der Waals surface area contributed by atoms with Crippen LogP contribution in [0.1, 0.15) is 11.5 Å². The van der Waals surface area contributed by atoms with E-state index >= 15 is 0 Å². The second-order valence-electron chi connectivity index (χ2n) is 6.97. The van der Waals surface area contributed by atoms with E-state index in [1.807, 2.05) is 6.07 Å². The van der Waals surface area contributed by atoms with Gasteiger partial charge in [-0.2, -0.15) is 4.98 Å². The molecule has 0 unspecified atom stereocenters. The Balaban J connectivity index is 1.50. The Morgan fingerprint density at radius 3 is 2.70 bits per heavy atom. The highest BCUT2D eigenvalue weighted by atomic mass is 16.5. The topological polar surface area (TPSA) is 160 Å². The molecule has 0 bridgehead atoms. The van der Waals surface area contributed by atoms with Crippen LogP contribution in [0.15, 0.2) is 40.8 Å². The molecule has 3 heterocycles. The number of amides is 3. The second-order valence-corrected chi connectivity index (χ2v) is 6.97. The highest BCUT2D eigenvalue weighted by molar-refractivity contribution is 6.13. The van der Waals surface area contributed by atoms with Gasteiger partial charge in [-0.1, -0.05) is 12.1 Å². The quantitative estimate of drug-likeness (QED) is 0.207. The second kappa shape index (κ2) is 9.87. The van der Waals surface area contributed by atoms with Gasteiger partial charge < -0.3 is 25.1 Å². The lowest BCUT2D eigenvalue weighted by Gasteiger charge is -2.10. The van der Waals surface area contributed by atoms with E-state index in [1.165, 1.54) is 12.1 Å². The van der Waals surface area contributed by atoms with Crippen molar-refractivity contribution in [2.45, 2.75) is 6.42 Å². The van der Waals surface area contributed by atoms with Crippen LogP contribution in [-0.2, 0) is 16.0 Å². The number of aromatic amines is 1. The Hall–Kier alpha value is -4.32. The number of hydrogen-bond donors (Lipinski definition) is 4. The normalized spacial score (nSPS) is 14.4. The molecule has 1 aliphatic heterocycles. The predicted molar refractivity (Wildman–Crippen MR) is 119 cm³/mol. The summed E-state index contributed by atoms with van der Waals surface area (Å²) in [6.07, 6.45) is 1.83. The van der Waals surface area contributed by atoms with Gasteiger partial charge in [0.1, 0.15) is 18.1 Å². The van der Waals surface area contributed by atoms with Crippen LogP contribution < -0.4 is 26.2 Å². The number of carbonyl (C=O) groups excluding carboxylic acids is 2. The summed E-state index contributed by atoms with van der Waals surface area (Å²) >= 11 is 0. The van der Waals surface area contributed by atoms with Crippen molar-refractivity contribution in [2.75, 3.05) is 32.2 Å². The number of fused-ring (bicyclic) bond motifs is 1. The molecule has 0 saturated carbocycles. The number of nitrogens with zero attached hydrogens (tertiary/aromatic N) is 3. The molecule has 0 aliphatic carbocycles. The molecule has 4 N–H and O–H groups in total. The summed E-state index contributed by atoms with van der Waals surface area (Å²) in [5.74, 6) is 0.468. The fraction of sp³-hybridized carbons (Fsp3) is 0.238. The van der Waals surface area contributed by atoms with E-state index in [0.717, 1.165) is 0 Å². The first-order chi connectivity index (χ1) is 16.0. The molecule has 3 aromatic rings. The number of rotatable bonds is 9. The molecule has 1 aromatic carbocycles. The Bertz CT molecular complexity index is 1290. The molecule has 3 amide bonds. The number of nitrogens with one attached hydrogen (secondary N) is 4. The summed E-state index contributed by atoms with van der Waals surface area (Å²) in [5.41, 5.74) is 0.827. The molecule has 12 nitrogen and oxygen atoms in total. The Morgan fingerprint density at radius 1 is 1.06 bits per heavy atom. The minimum absolute atomic E-state index is 0.0606. The molecule has 0 spiro atoms. The number of benzene rings is 1. The summed E-state index contributed by atoms with van der Waals surface area (Å²) in [6, 6.07) is 8.04. The van der Waals surface area contributed by atoms with Gasteiger partial charge in [-0.05, 0) is 18.2 Å². The predicted octanol–water partition coefficient (Wildman–Crippen LogP) is 0.573. The number of H-pyrrole nitrogens is 1. The highest BCUT2D eigenvalue weighted by Gasteiger charge is 2.23. The Labute approximate surface area is 187 Å². The van der Waals surface area contributed by atoms with Gasteiger partial charge >= 0.3 is 6.03 Å². The molecule has 170 valence electrons. The SMILES string of the molecule is COCCOc1cc(C=C2NC(=O)NC2=O)nc(NCCc2nc3ccccc3c(=O)[nH]2)n1. The zero-order valence-electron chi connectivity index (χ0n) is 17.7. The smallest absolute Gasteiger partial charge is 0.326 e. The van der Waals surface area contributed by atoms with E-state index in [4.69, 9.17) is 9.47 Å². The fourth-order valence-corrected chi connectivity index (χ4v) is 3.08. The van der Waals surface area contributed by atoms with Crippen molar-refractivity contribution in [2.24, 2.45) is 0 Å². The first kappa shape index (κ1) is 21.9. The summed E-state index contributed by atoms with van der Waals surface area (Å²) in [5, 5.41) is 8.12. The van der Waals surface area contributed by atoms with Crippen molar-refractivity contribution in [3.8, 4) is 5.88 Å². The van der Waals surface area contributed by atoms with Crippen LogP contribution in [0, 0.1) is 0 Å². The van der Waals surface area contributed by atoms with Gasteiger partial charge in [-0.15, -0.1) is 0 Å². The molecular weight excluding hydrogens is 430 g/mol. The number of para-hydroxylation sites is 1. The van der Waals surface area contributed by atoms with Gasteiger partial charge in [0.25, 0.3) is 11.5 Å². The Kier molecular flexibility index (Phi) is 6.55. The number of anilines is 1. The summed E-state index contributed by atoms with van der Waals surface area (Å²) < 4.78 is 10.6. The zero-order valence-corrected chi connectivity index (χ0v) is 17.7. The molecule has 12 heteroatoms. The monoisotopic (exact) mass is 451 g/mol. The van der Waals surface area contributed by atoms with Crippen molar-refractivity contribution >= 4 is 34.9 Å². The third-order valence-electron chi connectivity index (χ3n) is 4.58. The van der Waals surface area contributed by atoms with Crippen LogP contribution in [0.5, 0.6) is 5.88 Å². The highest BCUT2D eigenvalue weighted by Crippen LogP contribution is 2.16. The standard InChI is InChI=1S/C21H21N7O5/c1-32-8-9-33-17-11-12(10-15-19(30)28-21(31)25-15)23-20(27-17)22-7-6-16-24-14-5-3-2-4-13(14)18(29)26-16/h2-5,10-11H,6-9H2,1H3,(H,22,23,27)(H,24,26,29)(H2,25,28,30,31). The van der Waals surface area contributed by atoms with Crippen LogP contribution in [0.2, 0.25) is 0 Å². The minimum Gasteiger partial charge on any atom is -0.475 e. The summed E-state index contributed by atoms with van der Waals surface area (Å²) in [6.45, 7) is 1.00. The number of imide groups is 1. The van der Waals surface area contributed by atoms with Crippen molar-refractivity contribution in [1.29, 1.82) is 0 Å². The maximum absolute atomic E-state index is 12.2. The van der Waals surface area contributed by atoms with Gasteiger partial charge in [0.05, 0.1) is 23.2 Å². The first-order valence-corrected chi connectivity index (χ1v) is 10.1. The maximum atomic E-state index is 12.2. The average Bonchev–Trinajstić information content (AvgIpc) is 3.10. The van der Waals surface area contributed by atoms with Gasteiger partial charge in [0.2, 0.25) is 11.8 Å². The molecule has 0 atom stereocenters. The van der Waals surface area contributed by atoms with E-state index < -0.39 is 11.9 Å². The molecule has 33 heavy (non-hydrogen) atoms. The molecular formula is C21H21N7O5. The maximum Gasteiger partial charge on any atom is 0.326 e. The molecule has 0 radical (unpaired) electrons. The van der Waals surface area contributed by atoms with Crippen LogP contribution >= 0.6 is 0 Å². The number of ether oxygens (including phenoxy) is 2. The Morgan fingerprint density at radius 2 is 1.91 bits per heavy atom. The van der Waals surface area contributed by atoms with E-state index in [-0.39, 0.29) is 29.7 Å². The van der Waals surface area contributed by atoms with Crippen molar-refractivity contribution in [3.63, 3.8) is 0 Å². The summed E-state index contributed by atoms with van der Waals surface area (Å²) in [7, 11) is 1.55. The third kappa shape index (κ3) is 5.49. The minimum atomic E-state index is -0.605. The van der Waals surface area contributed by atoms with Crippen LogP contribution in [-0.4, -0.2) is 58.7 Å². The molecule has 1 fully saturated rings. The van der Waals surface area contributed by atoms with Crippen LogP contribution in [0.25, 0.3) is 17.0 Å². The van der Waals surface area contributed by atoms with Gasteiger partial charge in [0.15, 0.2) is 0 Å². The van der Waals surface area contributed by atoms with Gasteiger partial charge in [-0.25, -0.2) is 14.8 Å². The van der Waals surface area contributed by atoms with Crippen molar-refractivity contribution in [1.82, 2.24) is 30.6 Å². The third-order valence-corrected chi connectivity index (χ3v) is 4.58. The van der Waals surface area contributed by atoms with Crippen molar-refractivity contribution < 1.29 is 19.1 Å². The zero-order chi connectivity index (χ0) is 23.2. The largest absolute Gasteiger partial charge is 0.475 e. The van der Waals surface area contributed by atoms with Crippen LogP contribution in [0.4, 0.5) is 10.7 Å².